The van der Waals surface area contributed by atoms with Crippen molar-refractivity contribution >= 4 is 35.3 Å². The first-order valence-electron chi connectivity index (χ1n) is 6.05. The molecular formula is C13H17FN4O2S. The Morgan fingerprint density at radius 3 is 2.67 bits per heavy atom. The molecule has 1 amide bonds. The first-order valence-corrected chi connectivity index (χ1v) is 6.46. The highest BCUT2D eigenvalue weighted by Gasteiger charge is 2.17. The van der Waals surface area contributed by atoms with Crippen LogP contribution in [0.2, 0.25) is 0 Å². The Hall–Kier alpha value is -2.22. The second-order valence-corrected chi connectivity index (χ2v) is 5.54. The Balaban J connectivity index is 2.72. The van der Waals surface area contributed by atoms with Gasteiger partial charge in [0.05, 0.1) is 11.9 Å². The second-order valence-electron chi connectivity index (χ2n) is 5.10. The van der Waals surface area contributed by atoms with E-state index in [1.165, 1.54) is 18.3 Å². The Labute approximate surface area is 127 Å². The first kappa shape index (κ1) is 16.8. The minimum atomic E-state index is -0.724. The number of ether oxygens (including phenoxy) is 1. The summed E-state index contributed by atoms with van der Waals surface area (Å²) >= 11 is 4.57. The van der Waals surface area contributed by atoms with Gasteiger partial charge >= 0.3 is 6.09 Å². The number of halogens is 1. The van der Waals surface area contributed by atoms with E-state index in [-0.39, 0.29) is 10.8 Å². The maximum absolute atomic E-state index is 13.8. The van der Waals surface area contributed by atoms with Crippen molar-refractivity contribution in [3.63, 3.8) is 0 Å². The number of rotatable bonds is 3. The molecule has 6 nitrogen and oxygen atoms in total. The van der Waals surface area contributed by atoms with Crippen LogP contribution in [0, 0.1) is 5.82 Å². The van der Waals surface area contributed by atoms with Gasteiger partial charge in [0.1, 0.15) is 11.4 Å². The molecule has 0 radical (unpaired) electrons. The number of carbonyl (C=O) groups excluding carboxylic acids is 1. The van der Waals surface area contributed by atoms with Crippen LogP contribution in [0.15, 0.2) is 23.3 Å². The molecule has 0 unspecified atom stereocenters. The van der Waals surface area contributed by atoms with Crippen molar-refractivity contribution in [1.82, 2.24) is 5.43 Å². The Morgan fingerprint density at radius 1 is 1.48 bits per heavy atom. The van der Waals surface area contributed by atoms with Gasteiger partial charge in [-0.15, -0.1) is 0 Å². The van der Waals surface area contributed by atoms with E-state index in [1.807, 2.05) is 0 Å². The molecule has 0 bridgehead atoms. The van der Waals surface area contributed by atoms with Gasteiger partial charge in [-0.1, -0.05) is 6.07 Å². The summed E-state index contributed by atoms with van der Waals surface area (Å²) in [5.41, 5.74) is 7.38. The highest BCUT2D eigenvalue weighted by atomic mass is 32.1. The van der Waals surface area contributed by atoms with Crippen LogP contribution < -0.4 is 16.5 Å². The summed E-state index contributed by atoms with van der Waals surface area (Å²) in [4.78, 5) is 11.5. The van der Waals surface area contributed by atoms with Gasteiger partial charge in [0, 0.05) is 0 Å². The highest BCUT2D eigenvalue weighted by molar-refractivity contribution is 7.80. The molecule has 1 aromatic rings. The summed E-state index contributed by atoms with van der Waals surface area (Å²) in [6, 6.07) is 4.18. The molecule has 0 saturated carbocycles. The minimum Gasteiger partial charge on any atom is -0.444 e. The number of hydrogen-bond acceptors (Lipinski definition) is 4. The molecule has 0 heterocycles. The molecule has 0 atom stereocenters. The number of anilines is 1. The van der Waals surface area contributed by atoms with Crippen molar-refractivity contribution in [2.75, 3.05) is 5.32 Å². The van der Waals surface area contributed by atoms with E-state index >= 15 is 0 Å². The standard InChI is InChI=1S/C13H17FN4O2S/c1-13(2,3)20-12(19)17-10-5-4-8(6-9(10)14)7-16-18-11(15)21/h4-7H,1-3H3,(H,17,19)(H3,15,18,21). The van der Waals surface area contributed by atoms with Crippen molar-refractivity contribution in [3.8, 4) is 0 Å². The van der Waals surface area contributed by atoms with Crippen molar-refractivity contribution < 1.29 is 13.9 Å². The number of thiocarbonyl (C=S) groups is 1. The number of hydrogen-bond donors (Lipinski definition) is 3. The number of nitrogens with zero attached hydrogens (tertiary/aromatic N) is 1. The average molecular weight is 312 g/mol. The van der Waals surface area contributed by atoms with Gasteiger partial charge in [0.25, 0.3) is 0 Å². The lowest BCUT2D eigenvalue weighted by molar-refractivity contribution is 0.0635. The van der Waals surface area contributed by atoms with E-state index in [0.717, 1.165) is 0 Å². The fourth-order valence-corrected chi connectivity index (χ4v) is 1.35. The summed E-state index contributed by atoms with van der Waals surface area (Å²) in [7, 11) is 0. The Morgan fingerprint density at radius 2 is 2.14 bits per heavy atom. The molecule has 1 rings (SSSR count). The largest absolute Gasteiger partial charge is 0.444 e. The van der Waals surface area contributed by atoms with Crippen molar-refractivity contribution in [2.45, 2.75) is 26.4 Å². The van der Waals surface area contributed by atoms with Crippen LogP contribution in [0.1, 0.15) is 26.3 Å². The van der Waals surface area contributed by atoms with Gasteiger partial charge in [-0.25, -0.2) is 9.18 Å². The molecule has 114 valence electrons. The second kappa shape index (κ2) is 6.98. The lowest BCUT2D eigenvalue weighted by Gasteiger charge is -2.19. The zero-order valence-corrected chi connectivity index (χ0v) is 12.8. The predicted octanol–water partition coefficient (Wildman–Crippen LogP) is 2.34. The smallest absolute Gasteiger partial charge is 0.412 e. The number of amides is 1. The van der Waals surface area contributed by atoms with Crippen LogP contribution in [0.25, 0.3) is 0 Å². The Kier molecular flexibility index (Phi) is 5.60. The topological polar surface area (TPSA) is 88.7 Å². The minimum absolute atomic E-state index is 0.00920. The molecule has 0 aliphatic carbocycles. The SMILES string of the molecule is CC(C)(C)OC(=O)Nc1ccc(C=NNC(N)=S)cc1F. The van der Waals surface area contributed by atoms with Crippen LogP contribution in [0.4, 0.5) is 14.9 Å². The molecule has 0 fully saturated rings. The molecule has 0 saturated heterocycles. The molecule has 0 aliphatic rings. The normalized spacial score (nSPS) is 11.2. The van der Waals surface area contributed by atoms with Gasteiger partial charge in [-0.05, 0) is 50.7 Å². The van der Waals surface area contributed by atoms with Crippen molar-refractivity contribution in [3.05, 3.63) is 29.6 Å². The molecule has 8 heteroatoms. The Bertz CT molecular complexity index is 570. The average Bonchev–Trinajstić information content (AvgIpc) is 2.29. The third-order valence-electron chi connectivity index (χ3n) is 2.02. The van der Waals surface area contributed by atoms with E-state index in [0.29, 0.717) is 5.56 Å². The van der Waals surface area contributed by atoms with Gasteiger partial charge < -0.3 is 10.5 Å². The van der Waals surface area contributed by atoms with E-state index in [9.17, 15) is 9.18 Å². The summed E-state index contributed by atoms with van der Waals surface area (Å²) in [5, 5.41) is 6.04. The number of carbonyl (C=O) groups is 1. The predicted molar refractivity (Wildman–Crippen MR) is 83.8 cm³/mol. The van der Waals surface area contributed by atoms with Gasteiger partial charge in [0.2, 0.25) is 0 Å². The molecular weight excluding hydrogens is 295 g/mol. The van der Waals surface area contributed by atoms with Crippen LogP contribution in [-0.2, 0) is 4.74 Å². The van der Waals surface area contributed by atoms with Crippen LogP contribution >= 0.6 is 12.2 Å². The summed E-state index contributed by atoms with van der Waals surface area (Å²) in [5.74, 6) is -0.611. The van der Waals surface area contributed by atoms with Crippen molar-refractivity contribution in [2.24, 2.45) is 10.8 Å². The van der Waals surface area contributed by atoms with E-state index in [4.69, 9.17) is 10.5 Å². The number of benzene rings is 1. The van der Waals surface area contributed by atoms with Gasteiger partial charge in [-0.2, -0.15) is 5.10 Å². The molecule has 1 aromatic carbocycles. The molecule has 4 N–H and O–H groups in total. The monoisotopic (exact) mass is 312 g/mol. The van der Waals surface area contributed by atoms with E-state index in [1.54, 1.807) is 26.8 Å². The lowest BCUT2D eigenvalue weighted by atomic mass is 10.2. The zero-order chi connectivity index (χ0) is 16.0. The molecule has 0 spiro atoms. The summed E-state index contributed by atoms with van der Waals surface area (Å²) in [6.07, 6.45) is 0.623. The van der Waals surface area contributed by atoms with Crippen LogP contribution in [0.5, 0.6) is 0 Å². The maximum Gasteiger partial charge on any atom is 0.412 e. The van der Waals surface area contributed by atoms with Crippen LogP contribution in [0.3, 0.4) is 0 Å². The maximum atomic E-state index is 13.8. The third kappa shape index (κ3) is 6.66. The first-order chi connectivity index (χ1) is 9.67. The zero-order valence-electron chi connectivity index (χ0n) is 11.9. The molecule has 0 aliphatic heterocycles. The number of nitrogens with two attached hydrogens (primary N) is 1. The number of hydrazone groups is 1. The molecule has 0 aromatic heterocycles. The van der Waals surface area contributed by atoms with Gasteiger partial charge in [0.15, 0.2) is 5.11 Å². The fourth-order valence-electron chi connectivity index (χ4n) is 1.30. The quantitative estimate of drug-likeness (QED) is 0.453. The van der Waals surface area contributed by atoms with E-state index < -0.39 is 17.5 Å². The third-order valence-corrected chi connectivity index (χ3v) is 2.11. The summed E-state index contributed by atoms with van der Waals surface area (Å²) in [6.45, 7) is 5.16. The molecule has 21 heavy (non-hydrogen) atoms. The fraction of sp³-hybridized carbons (Fsp3) is 0.308. The van der Waals surface area contributed by atoms with Crippen LogP contribution in [-0.4, -0.2) is 23.0 Å². The van der Waals surface area contributed by atoms with Gasteiger partial charge in [-0.3, -0.25) is 10.7 Å². The van der Waals surface area contributed by atoms with Crippen molar-refractivity contribution in [1.29, 1.82) is 0 Å². The lowest BCUT2D eigenvalue weighted by Crippen LogP contribution is -2.27. The highest BCUT2D eigenvalue weighted by Crippen LogP contribution is 2.16. The number of nitrogens with one attached hydrogen (secondary N) is 2. The van der Waals surface area contributed by atoms with E-state index in [2.05, 4.69) is 28.1 Å². The summed E-state index contributed by atoms with van der Waals surface area (Å²) < 4.78 is 18.9.